The summed E-state index contributed by atoms with van der Waals surface area (Å²) in [6, 6.07) is 12.8. The van der Waals surface area contributed by atoms with Gasteiger partial charge in [-0.15, -0.1) is 0 Å². The van der Waals surface area contributed by atoms with E-state index < -0.39 is 51.4 Å². The summed E-state index contributed by atoms with van der Waals surface area (Å²) in [6.45, 7) is 0. The number of benzene rings is 3. The van der Waals surface area contributed by atoms with Crippen molar-refractivity contribution in [3.63, 3.8) is 0 Å². The molecule has 0 aliphatic rings. The van der Waals surface area contributed by atoms with Gasteiger partial charge in [0.15, 0.2) is 11.5 Å². The van der Waals surface area contributed by atoms with Gasteiger partial charge in [0.2, 0.25) is 0 Å². The van der Waals surface area contributed by atoms with Gasteiger partial charge in [0.05, 0.1) is 9.85 Å². The lowest BCUT2D eigenvalue weighted by molar-refractivity contribution is -0.385. The maximum absolute atomic E-state index is 12.5. The molecule has 0 saturated heterocycles. The molecule has 166 valence electrons. The summed E-state index contributed by atoms with van der Waals surface area (Å²) in [6.07, 6.45) is 0. The predicted molar refractivity (Wildman–Crippen MR) is 108 cm³/mol. The quantitative estimate of drug-likeness (QED) is 0.265. The lowest BCUT2D eigenvalue weighted by atomic mass is 10.3. The third-order valence-electron chi connectivity index (χ3n) is 3.92. The molecular weight excluding hydrogens is 468 g/mol. The van der Waals surface area contributed by atoms with Crippen molar-refractivity contribution in [3.05, 3.63) is 93.0 Å². The zero-order valence-electron chi connectivity index (χ0n) is 15.7. The topological polar surface area (TPSA) is 173 Å². The molecule has 0 saturated carbocycles. The maximum atomic E-state index is 12.5. The first kappa shape index (κ1) is 22.6. The van der Waals surface area contributed by atoms with E-state index in [1.807, 2.05) is 0 Å². The second-order valence-corrected chi connectivity index (χ2v) is 9.12. The highest BCUT2D eigenvalue weighted by atomic mass is 32.2. The van der Waals surface area contributed by atoms with Crippen LogP contribution in [0.25, 0.3) is 0 Å². The van der Waals surface area contributed by atoms with Crippen LogP contribution in [0.5, 0.6) is 11.5 Å². The summed E-state index contributed by atoms with van der Waals surface area (Å²) >= 11 is 0. The molecule has 0 spiro atoms. The van der Waals surface area contributed by atoms with Crippen molar-refractivity contribution in [2.75, 3.05) is 0 Å². The van der Waals surface area contributed by atoms with E-state index >= 15 is 0 Å². The van der Waals surface area contributed by atoms with Gasteiger partial charge < -0.3 is 8.37 Å². The number of para-hydroxylation sites is 2. The van der Waals surface area contributed by atoms with Gasteiger partial charge in [-0.2, -0.15) is 16.8 Å². The van der Waals surface area contributed by atoms with Gasteiger partial charge in [-0.3, -0.25) is 20.2 Å². The fourth-order valence-electron chi connectivity index (χ4n) is 2.39. The van der Waals surface area contributed by atoms with Gasteiger partial charge in [0.25, 0.3) is 11.4 Å². The van der Waals surface area contributed by atoms with Crippen molar-refractivity contribution in [2.24, 2.45) is 0 Å². The third kappa shape index (κ3) is 4.98. The van der Waals surface area contributed by atoms with Crippen molar-refractivity contribution in [1.29, 1.82) is 0 Å². The van der Waals surface area contributed by atoms with Crippen LogP contribution in [0.4, 0.5) is 11.4 Å². The Balaban J connectivity index is 1.88. The molecule has 3 rings (SSSR count). The Morgan fingerprint density at radius 3 is 1.16 bits per heavy atom. The van der Waals surface area contributed by atoms with E-state index in [4.69, 9.17) is 8.37 Å². The molecule has 3 aromatic rings. The van der Waals surface area contributed by atoms with Crippen molar-refractivity contribution in [3.8, 4) is 11.5 Å². The van der Waals surface area contributed by atoms with Crippen molar-refractivity contribution in [2.45, 2.75) is 9.79 Å². The number of hydrogen-bond acceptors (Lipinski definition) is 10. The van der Waals surface area contributed by atoms with E-state index in [0.29, 0.717) is 0 Å². The van der Waals surface area contributed by atoms with Crippen LogP contribution in [-0.4, -0.2) is 26.7 Å². The summed E-state index contributed by atoms with van der Waals surface area (Å²) in [5.41, 5.74) is -0.663. The van der Waals surface area contributed by atoms with Crippen molar-refractivity contribution in [1.82, 2.24) is 0 Å². The Labute approximate surface area is 181 Å². The Morgan fingerprint density at radius 2 is 0.875 bits per heavy atom. The van der Waals surface area contributed by atoms with Crippen LogP contribution >= 0.6 is 0 Å². The summed E-state index contributed by atoms with van der Waals surface area (Å²) in [4.78, 5) is 19.2. The summed E-state index contributed by atoms with van der Waals surface area (Å²) in [7, 11) is -8.97. The molecule has 0 fully saturated rings. The molecule has 0 aliphatic heterocycles. The molecular formula is C18H12N2O10S2. The molecule has 32 heavy (non-hydrogen) atoms. The number of nitrogens with zero attached hydrogens (tertiary/aromatic N) is 2. The molecule has 0 unspecified atom stereocenters. The van der Waals surface area contributed by atoms with Gasteiger partial charge in [-0.1, -0.05) is 12.1 Å². The van der Waals surface area contributed by atoms with Gasteiger partial charge in [0.1, 0.15) is 9.79 Å². The van der Waals surface area contributed by atoms with E-state index in [-0.39, 0.29) is 11.4 Å². The number of nitro groups is 2. The monoisotopic (exact) mass is 480 g/mol. The van der Waals surface area contributed by atoms with Gasteiger partial charge in [-0.05, 0) is 36.4 Å². The summed E-state index contributed by atoms with van der Waals surface area (Å²) in [5.74, 6) is -0.923. The van der Waals surface area contributed by atoms with Crippen LogP contribution in [0.1, 0.15) is 0 Å². The summed E-state index contributed by atoms with van der Waals surface area (Å²) in [5, 5.41) is 21.4. The molecule has 0 atom stereocenters. The minimum Gasteiger partial charge on any atom is -0.375 e. The first-order valence-electron chi connectivity index (χ1n) is 8.46. The molecule has 12 nitrogen and oxygen atoms in total. The predicted octanol–water partition coefficient (Wildman–Crippen LogP) is 3.04. The second kappa shape index (κ2) is 8.60. The third-order valence-corrected chi connectivity index (χ3v) is 6.42. The molecule has 0 bridgehead atoms. The van der Waals surface area contributed by atoms with Gasteiger partial charge in [-0.25, -0.2) is 0 Å². The first-order valence-corrected chi connectivity index (χ1v) is 11.3. The largest absolute Gasteiger partial charge is 0.375 e. The molecule has 0 N–H and O–H groups in total. The van der Waals surface area contributed by atoms with Crippen molar-refractivity contribution >= 4 is 31.6 Å². The van der Waals surface area contributed by atoms with E-state index in [0.717, 1.165) is 60.7 Å². The lowest BCUT2D eigenvalue weighted by Crippen LogP contribution is -2.13. The van der Waals surface area contributed by atoms with Crippen LogP contribution in [0.15, 0.2) is 82.6 Å². The van der Waals surface area contributed by atoms with Crippen LogP contribution < -0.4 is 8.37 Å². The van der Waals surface area contributed by atoms with Crippen LogP contribution in [0, 0.1) is 20.2 Å². The SMILES string of the molecule is O=[N+]([O-])c1ccc(S(=O)(=O)Oc2ccccc2OS(=O)(=O)c2ccc([N+](=O)[O-])cc2)cc1. The molecule has 0 radical (unpaired) electrons. The Bertz CT molecular complexity index is 1280. The molecule has 0 aromatic heterocycles. The first-order chi connectivity index (χ1) is 15.0. The number of non-ortho nitro benzene ring substituents is 2. The Morgan fingerprint density at radius 1 is 0.562 bits per heavy atom. The maximum Gasteiger partial charge on any atom is 0.339 e. The normalized spacial score (nSPS) is 11.5. The lowest BCUT2D eigenvalue weighted by Gasteiger charge is -2.12. The molecule has 0 heterocycles. The highest BCUT2D eigenvalue weighted by Crippen LogP contribution is 2.32. The summed E-state index contributed by atoms with van der Waals surface area (Å²) < 4.78 is 60.0. The molecule has 3 aromatic carbocycles. The molecule has 0 aliphatic carbocycles. The smallest absolute Gasteiger partial charge is 0.339 e. The number of nitro benzene ring substituents is 2. The average molecular weight is 480 g/mol. The van der Waals surface area contributed by atoms with Crippen LogP contribution in [0.3, 0.4) is 0 Å². The second-order valence-electron chi connectivity index (χ2n) is 6.02. The van der Waals surface area contributed by atoms with Gasteiger partial charge in [0, 0.05) is 24.3 Å². The van der Waals surface area contributed by atoms with Crippen molar-refractivity contribution < 1.29 is 35.0 Å². The number of rotatable bonds is 8. The van der Waals surface area contributed by atoms with E-state index in [2.05, 4.69) is 0 Å². The van der Waals surface area contributed by atoms with Crippen LogP contribution in [0.2, 0.25) is 0 Å². The standard InChI is InChI=1S/C18H12N2O10S2/c21-19(22)13-5-9-15(10-6-13)31(25,26)29-17-3-1-2-4-18(17)30-32(27,28)16-11-7-14(8-12-16)20(23)24/h1-12H. The number of hydrogen-bond donors (Lipinski definition) is 0. The van der Waals surface area contributed by atoms with E-state index in [1.54, 1.807) is 0 Å². The fourth-order valence-corrected chi connectivity index (χ4v) is 4.27. The fraction of sp³-hybridized carbons (Fsp3) is 0. The van der Waals surface area contributed by atoms with E-state index in [1.165, 1.54) is 12.1 Å². The zero-order chi connectivity index (χ0) is 23.5. The Kier molecular flexibility index (Phi) is 6.09. The molecule has 14 heteroatoms. The average Bonchev–Trinajstić information content (AvgIpc) is 2.75. The minimum atomic E-state index is -4.49. The zero-order valence-corrected chi connectivity index (χ0v) is 17.4. The van der Waals surface area contributed by atoms with Gasteiger partial charge >= 0.3 is 20.2 Å². The Hall–Kier alpha value is -4.04. The van der Waals surface area contributed by atoms with Crippen LogP contribution in [-0.2, 0) is 20.2 Å². The highest BCUT2D eigenvalue weighted by molar-refractivity contribution is 7.87. The van der Waals surface area contributed by atoms with E-state index in [9.17, 15) is 37.1 Å². The molecule has 0 amide bonds. The minimum absolute atomic E-state index is 0.332. The highest BCUT2D eigenvalue weighted by Gasteiger charge is 2.24.